The van der Waals surface area contributed by atoms with Crippen LogP contribution in [0.5, 0.6) is 0 Å². The van der Waals surface area contributed by atoms with Crippen LogP contribution in [0.15, 0.2) is 133 Å². The Morgan fingerprint density at radius 2 is 0.767 bits per heavy atom. The summed E-state index contributed by atoms with van der Waals surface area (Å²) in [7, 11) is 0. The second-order valence-corrected chi connectivity index (χ2v) is 7.72. The Bertz CT molecular complexity index is 1100. The Morgan fingerprint density at radius 3 is 1.13 bits per heavy atom. The van der Waals surface area contributed by atoms with Crippen molar-refractivity contribution in [3.05, 3.63) is 156 Å². The molecule has 0 atom stereocenters. The summed E-state index contributed by atoms with van der Waals surface area (Å²) in [5.74, 6) is 0.104. The van der Waals surface area contributed by atoms with E-state index in [1.165, 1.54) is 0 Å². The Labute approximate surface area is 177 Å². The third kappa shape index (κ3) is 2.45. The first-order valence-corrected chi connectivity index (χ1v) is 10.3. The van der Waals surface area contributed by atoms with E-state index in [0.29, 0.717) is 0 Å². The smallest absolute Gasteiger partial charge is 0.171 e. The molecule has 0 fully saturated rings. The summed E-state index contributed by atoms with van der Waals surface area (Å²) in [4.78, 5) is 14.0. The lowest BCUT2D eigenvalue weighted by Gasteiger charge is -2.46. The average Bonchev–Trinajstić information content (AvgIpc) is 3.16. The van der Waals surface area contributed by atoms with Crippen LogP contribution in [-0.2, 0) is 15.6 Å². The summed E-state index contributed by atoms with van der Waals surface area (Å²) in [6.45, 7) is 0. The van der Waals surface area contributed by atoms with Gasteiger partial charge in [0.25, 0.3) is 0 Å². The summed E-state index contributed by atoms with van der Waals surface area (Å²) in [5, 5.41) is 0. The van der Waals surface area contributed by atoms with Gasteiger partial charge >= 0.3 is 0 Å². The Balaban J connectivity index is 1.97. The molecule has 0 spiro atoms. The molecule has 0 bridgehead atoms. The number of carbonyl (C=O) groups is 1. The molecule has 0 radical (unpaired) electrons. The maximum absolute atomic E-state index is 14.0. The summed E-state index contributed by atoms with van der Waals surface area (Å²) in [5.41, 5.74) is 2.66. The lowest BCUT2D eigenvalue weighted by molar-refractivity contribution is -0.118. The molecule has 0 amide bonds. The number of allylic oxidation sites excluding steroid dienone is 2. The highest BCUT2D eigenvalue weighted by molar-refractivity contribution is 6.08. The predicted molar refractivity (Wildman–Crippen MR) is 121 cm³/mol. The second-order valence-electron chi connectivity index (χ2n) is 7.72. The van der Waals surface area contributed by atoms with Crippen LogP contribution in [0.25, 0.3) is 0 Å². The van der Waals surface area contributed by atoms with Gasteiger partial charge in [-0.25, -0.2) is 0 Å². The number of carbonyl (C=O) groups excluding carboxylic acids is 1. The molecule has 4 aromatic rings. The van der Waals surface area contributed by atoms with Crippen molar-refractivity contribution in [3.8, 4) is 0 Å². The van der Waals surface area contributed by atoms with Gasteiger partial charge in [-0.3, -0.25) is 4.79 Å². The second kappa shape index (κ2) is 7.27. The fraction of sp³-hybridized carbons (Fsp3) is 0.0690. The molecule has 0 saturated heterocycles. The van der Waals surface area contributed by atoms with Crippen molar-refractivity contribution in [1.29, 1.82) is 0 Å². The summed E-state index contributed by atoms with van der Waals surface area (Å²) >= 11 is 0. The lowest BCUT2D eigenvalue weighted by atomic mass is 9.53. The monoisotopic (exact) mass is 386 g/mol. The van der Waals surface area contributed by atoms with E-state index in [-0.39, 0.29) is 5.78 Å². The molecule has 0 N–H and O–H groups in total. The van der Waals surface area contributed by atoms with Crippen LogP contribution in [0, 0.1) is 0 Å². The highest BCUT2D eigenvalue weighted by Crippen LogP contribution is 2.57. The van der Waals surface area contributed by atoms with Crippen molar-refractivity contribution in [2.24, 2.45) is 0 Å². The van der Waals surface area contributed by atoms with Crippen molar-refractivity contribution in [2.75, 3.05) is 0 Å². The van der Waals surface area contributed by atoms with Gasteiger partial charge in [-0.1, -0.05) is 127 Å². The van der Waals surface area contributed by atoms with Crippen molar-refractivity contribution in [2.45, 2.75) is 10.8 Å². The summed E-state index contributed by atoms with van der Waals surface area (Å²) < 4.78 is 0. The maximum Gasteiger partial charge on any atom is 0.171 e. The van der Waals surface area contributed by atoms with Crippen LogP contribution in [-0.4, -0.2) is 5.78 Å². The number of rotatable bonds is 4. The molecule has 0 aliphatic heterocycles. The first-order valence-electron chi connectivity index (χ1n) is 10.3. The molecular formula is C29H22O. The Kier molecular flexibility index (Phi) is 4.44. The van der Waals surface area contributed by atoms with Crippen LogP contribution >= 0.6 is 0 Å². The van der Waals surface area contributed by atoms with E-state index < -0.39 is 10.8 Å². The van der Waals surface area contributed by atoms with Crippen molar-refractivity contribution in [3.63, 3.8) is 0 Å². The largest absolute Gasteiger partial charge is 0.293 e. The van der Waals surface area contributed by atoms with Crippen molar-refractivity contribution in [1.82, 2.24) is 0 Å². The minimum atomic E-state index is -0.891. The number of ketones is 1. The maximum atomic E-state index is 14.0. The molecule has 0 unspecified atom stereocenters. The lowest BCUT2D eigenvalue weighted by Crippen LogP contribution is -2.51. The molecular weight excluding hydrogens is 364 g/mol. The Hall–Kier alpha value is -3.71. The number of benzene rings is 4. The molecule has 30 heavy (non-hydrogen) atoms. The van der Waals surface area contributed by atoms with E-state index in [2.05, 4.69) is 78.9 Å². The van der Waals surface area contributed by atoms with E-state index in [9.17, 15) is 4.79 Å². The van der Waals surface area contributed by atoms with Gasteiger partial charge < -0.3 is 0 Å². The number of hydrogen-bond acceptors (Lipinski definition) is 1. The normalized spacial score (nSPS) is 16.5. The van der Waals surface area contributed by atoms with Gasteiger partial charge in [-0.2, -0.15) is 0 Å². The van der Waals surface area contributed by atoms with E-state index in [0.717, 1.165) is 22.3 Å². The average molecular weight is 386 g/mol. The van der Waals surface area contributed by atoms with Gasteiger partial charge in [0.1, 0.15) is 0 Å². The first kappa shape index (κ1) is 18.3. The molecule has 1 aliphatic rings. The van der Waals surface area contributed by atoms with E-state index in [1.54, 1.807) is 6.08 Å². The third-order valence-corrected chi connectivity index (χ3v) is 6.32. The molecule has 0 aromatic heterocycles. The first-order chi connectivity index (χ1) is 14.8. The fourth-order valence-electron chi connectivity index (χ4n) is 5.12. The molecule has 0 saturated carbocycles. The predicted octanol–water partition coefficient (Wildman–Crippen LogP) is 6.10. The zero-order valence-corrected chi connectivity index (χ0v) is 16.6. The van der Waals surface area contributed by atoms with Crippen LogP contribution in [0.2, 0.25) is 0 Å². The topological polar surface area (TPSA) is 17.1 Å². The van der Waals surface area contributed by atoms with Gasteiger partial charge in [0.15, 0.2) is 5.78 Å². The molecule has 0 heterocycles. The van der Waals surface area contributed by atoms with Crippen LogP contribution < -0.4 is 0 Å². The summed E-state index contributed by atoms with van der Waals surface area (Å²) in [6, 6.07) is 41.2. The molecule has 144 valence electrons. The summed E-state index contributed by atoms with van der Waals surface area (Å²) in [6.07, 6.45) is 3.89. The van der Waals surface area contributed by atoms with Crippen LogP contribution in [0.3, 0.4) is 0 Å². The van der Waals surface area contributed by atoms with E-state index >= 15 is 0 Å². The molecule has 5 rings (SSSR count). The third-order valence-electron chi connectivity index (χ3n) is 6.32. The van der Waals surface area contributed by atoms with E-state index in [1.807, 2.05) is 48.5 Å². The van der Waals surface area contributed by atoms with Gasteiger partial charge in [0.2, 0.25) is 0 Å². The SMILES string of the molecule is O=C1C=CC(c2ccccc2)(c2ccccc2)C1(c1ccccc1)c1ccccc1. The minimum Gasteiger partial charge on any atom is -0.293 e. The zero-order chi connectivity index (χ0) is 20.4. The fourth-order valence-corrected chi connectivity index (χ4v) is 5.12. The highest BCUT2D eigenvalue weighted by atomic mass is 16.1. The van der Waals surface area contributed by atoms with Gasteiger partial charge in [-0.05, 0) is 28.3 Å². The van der Waals surface area contributed by atoms with Gasteiger partial charge in [-0.15, -0.1) is 0 Å². The van der Waals surface area contributed by atoms with Crippen molar-refractivity contribution < 1.29 is 4.79 Å². The van der Waals surface area contributed by atoms with Crippen LogP contribution in [0.4, 0.5) is 0 Å². The molecule has 1 aliphatic carbocycles. The van der Waals surface area contributed by atoms with Crippen LogP contribution in [0.1, 0.15) is 22.3 Å². The molecule has 4 aromatic carbocycles. The molecule has 1 nitrogen and oxygen atoms in total. The highest BCUT2D eigenvalue weighted by Gasteiger charge is 2.61. The zero-order valence-electron chi connectivity index (χ0n) is 16.6. The van der Waals surface area contributed by atoms with Gasteiger partial charge in [0, 0.05) is 0 Å². The molecule has 1 heteroatoms. The van der Waals surface area contributed by atoms with Gasteiger partial charge in [0.05, 0.1) is 10.8 Å². The Morgan fingerprint density at radius 1 is 0.433 bits per heavy atom. The quantitative estimate of drug-likeness (QED) is 0.414. The standard InChI is InChI=1S/C29H22O/c30-27-21-22-28(23-13-5-1-6-14-23,24-15-7-2-8-16-24)29(27,25-17-9-3-10-18-25)26-19-11-4-12-20-26/h1-22H. The number of hydrogen-bond donors (Lipinski definition) is 0. The minimum absolute atomic E-state index is 0.104. The van der Waals surface area contributed by atoms with Crippen molar-refractivity contribution >= 4 is 5.78 Å². The van der Waals surface area contributed by atoms with E-state index in [4.69, 9.17) is 0 Å².